The van der Waals surface area contributed by atoms with Gasteiger partial charge in [0.25, 0.3) is 0 Å². The largest absolute Gasteiger partial charge is 0.385 e. The fraction of sp³-hybridized carbons (Fsp3) is 0.923. The van der Waals surface area contributed by atoms with Crippen LogP contribution in [0.15, 0.2) is 0 Å². The number of nitrogens with zero attached hydrogens (tertiary/aromatic N) is 1. The quantitative estimate of drug-likeness (QED) is 0.713. The molecule has 1 atom stereocenters. The van der Waals surface area contributed by atoms with Gasteiger partial charge >= 0.3 is 0 Å². The number of carbonyl (C=O) groups excluding carboxylic acids is 1. The van der Waals surface area contributed by atoms with Crippen LogP contribution in [-0.2, 0) is 9.53 Å². The molecule has 0 aromatic rings. The Morgan fingerprint density at radius 1 is 1.47 bits per heavy atom. The molecule has 0 bridgehead atoms. The van der Waals surface area contributed by atoms with Crippen LogP contribution in [0.5, 0.6) is 0 Å². The molecule has 1 amide bonds. The van der Waals surface area contributed by atoms with Gasteiger partial charge in [0, 0.05) is 20.3 Å². The third-order valence-corrected chi connectivity index (χ3v) is 3.57. The highest BCUT2D eigenvalue weighted by Gasteiger charge is 2.24. The Balaban J connectivity index is 2.21. The van der Waals surface area contributed by atoms with E-state index in [1.54, 1.807) is 7.11 Å². The van der Waals surface area contributed by atoms with E-state index in [1.165, 1.54) is 12.8 Å². The van der Waals surface area contributed by atoms with Crippen molar-refractivity contribution in [3.8, 4) is 0 Å². The van der Waals surface area contributed by atoms with Gasteiger partial charge in [0.1, 0.15) is 0 Å². The molecular weight excluding hydrogens is 216 g/mol. The van der Waals surface area contributed by atoms with E-state index in [1.807, 2.05) is 6.92 Å². The minimum absolute atomic E-state index is 0.00467. The predicted octanol–water partition coefficient (Wildman–Crippen LogP) is 1.26. The molecule has 0 spiro atoms. The minimum Gasteiger partial charge on any atom is -0.385 e. The summed E-state index contributed by atoms with van der Waals surface area (Å²) in [6.45, 7) is 7.80. The number of amides is 1. The maximum Gasteiger partial charge on any atom is 0.237 e. The van der Waals surface area contributed by atoms with E-state index in [2.05, 4.69) is 17.1 Å². The van der Waals surface area contributed by atoms with Crippen molar-refractivity contribution in [2.24, 2.45) is 5.92 Å². The summed E-state index contributed by atoms with van der Waals surface area (Å²) in [7, 11) is 1.68. The molecule has 1 unspecified atom stereocenters. The zero-order valence-corrected chi connectivity index (χ0v) is 11.4. The molecule has 4 heteroatoms. The van der Waals surface area contributed by atoms with Crippen LogP contribution in [0.3, 0.4) is 0 Å². The van der Waals surface area contributed by atoms with Gasteiger partial charge in [0.05, 0.1) is 6.04 Å². The fourth-order valence-corrected chi connectivity index (χ4v) is 2.16. The Morgan fingerprint density at radius 2 is 2.12 bits per heavy atom. The van der Waals surface area contributed by atoms with E-state index in [9.17, 15) is 4.79 Å². The fourth-order valence-electron chi connectivity index (χ4n) is 2.16. The number of hydrogen-bond donors (Lipinski definition) is 1. The summed E-state index contributed by atoms with van der Waals surface area (Å²) >= 11 is 0. The lowest BCUT2D eigenvalue weighted by Crippen LogP contribution is -2.48. The average Bonchev–Trinajstić information content (AvgIpc) is 2.34. The molecule has 0 saturated carbocycles. The summed E-state index contributed by atoms with van der Waals surface area (Å²) in [5.41, 5.74) is 0. The van der Waals surface area contributed by atoms with E-state index in [4.69, 9.17) is 4.74 Å². The van der Waals surface area contributed by atoms with E-state index in [0.717, 1.165) is 25.4 Å². The molecule has 0 aliphatic carbocycles. The minimum atomic E-state index is 0.00467. The van der Waals surface area contributed by atoms with Crippen molar-refractivity contribution in [3.05, 3.63) is 0 Å². The second-order valence-corrected chi connectivity index (χ2v) is 5.03. The van der Waals surface area contributed by atoms with Crippen LogP contribution in [0, 0.1) is 5.92 Å². The molecule has 17 heavy (non-hydrogen) atoms. The van der Waals surface area contributed by atoms with Gasteiger partial charge < -0.3 is 10.1 Å². The van der Waals surface area contributed by atoms with Crippen LogP contribution in [0.4, 0.5) is 0 Å². The average molecular weight is 242 g/mol. The van der Waals surface area contributed by atoms with Crippen molar-refractivity contribution in [1.29, 1.82) is 0 Å². The molecule has 0 radical (unpaired) electrons. The van der Waals surface area contributed by atoms with Gasteiger partial charge in [-0.05, 0) is 45.2 Å². The Bertz CT molecular complexity index is 225. The van der Waals surface area contributed by atoms with Crippen molar-refractivity contribution in [2.45, 2.75) is 39.2 Å². The van der Waals surface area contributed by atoms with Crippen molar-refractivity contribution < 1.29 is 9.53 Å². The summed E-state index contributed by atoms with van der Waals surface area (Å²) in [4.78, 5) is 14.2. The van der Waals surface area contributed by atoms with Gasteiger partial charge in [-0.2, -0.15) is 0 Å². The standard InChI is InChI=1S/C13H26N2O2/c1-11-5-8-15(9-6-11)12(2)13(16)14-7-4-10-17-3/h11-12H,4-10H2,1-3H3,(H,14,16). The summed E-state index contributed by atoms with van der Waals surface area (Å²) in [6.07, 6.45) is 3.30. The van der Waals surface area contributed by atoms with Gasteiger partial charge in [-0.3, -0.25) is 9.69 Å². The third kappa shape index (κ3) is 5.04. The Hall–Kier alpha value is -0.610. The summed E-state index contributed by atoms with van der Waals surface area (Å²) in [5, 5.41) is 2.97. The van der Waals surface area contributed by atoms with Crippen molar-refractivity contribution in [1.82, 2.24) is 10.2 Å². The predicted molar refractivity (Wildman–Crippen MR) is 68.9 cm³/mol. The molecule has 1 aliphatic rings. The smallest absolute Gasteiger partial charge is 0.237 e. The van der Waals surface area contributed by atoms with Gasteiger partial charge in [0.2, 0.25) is 5.91 Å². The molecule has 100 valence electrons. The highest BCUT2D eigenvalue weighted by molar-refractivity contribution is 5.81. The van der Waals surface area contributed by atoms with Crippen LogP contribution in [0.1, 0.15) is 33.1 Å². The highest BCUT2D eigenvalue weighted by Crippen LogP contribution is 2.17. The maximum atomic E-state index is 11.9. The van der Waals surface area contributed by atoms with Crippen molar-refractivity contribution in [3.63, 3.8) is 0 Å². The lowest BCUT2D eigenvalue weighted by Gasteiger charge is -2.34. The van der Waals surface area contributed by atoms with E-state index in [0.29, 0.717) is 13.2 Å². The zero-order chi connectivity index (χ0) is 12.7. The van der Waals surface area contributed by atoms with Crippen LogP contribution >= 0.6 is 0 Å². The van der Waals surface area contributed by atoms with E-state index >= 15 is 0 Å². The van der Waals surface area contributed by atoms with Gasteiger partial charge in [-0.1, -0.05) is 6.92 Å². The number of methoxy groups -OCH3 is 1. The first-order valence-corrected chi connectivity index (χ1v) is 6.66. The molecule has 0 aromatic heterocycles. The molecule has 1 N–H and O–H groups in total. The lowest BCUT2D eigenvalue weighted by atomic mass is 9.98. The lowest BCUT2D eigenvalue weighted by molar-refractivity contribution is -0.126. The maximum absolute atomic E-state index is 11.9. The first kappa shape index (κ1) is 14.5. The molecule has 4 nitrogen and oxygen atoms in total. The second kappa shape index (κ2) is 7.67. The van der Waals surface area contributed by atoms with Crippen molar-refractivity contribution in [2.75, 3.05) is 33.4 Å². The third-order valence-electron chi connectivity index (χ3n) is 3.57. The van der Waals surface area contributed by atoms with E-state index in [-0.39, 0.29) is 11.9 Å². The van der Waals surface area contributed by atoms with Crippen LogP contribution in [0.25, 0.3) is 0 Å². The summed E-state index contributed by atoms with van der Waals surface area (Å²) in [6, 6.07) is 0.00467. The normalized spacial score (nSPS) is 20.2. The summed E-state index contributed by atoms with van der Waals surface area (Å²) < 4.78 is 4.95. The first-order chi connectivity index (χ1) is 8.15. The molecule has 1 saturated heterocycles. The molecular formula is C13H26N2O2. The number of ether oxygens (including phenoxy) is 1. The Kier molecular flexibility index (Phi) is 6.52. The SMILES string of the molecule is COCCCNC(=O)C(C)N1CCC(C)CC1. The molecule has 1 fully saturated rings. The molecule has 0 aromatic carbocycles. The van der Waals surface area contributed by atoms with Gasteiger partial charge in [0.15, 0.2) is 0 Å². The van der Waals surface area contributed by atoms with Crippen molar-refractivity contribution >= 4 is 5.91 Å². The van der Waals surface area contributed by atoms with Crippen LogP contribution in [0.2, 0.25) is 0 Å². The number of hydrogen-bond acceptors (Lipinski definition) is 3. The monoisotopic (exact) mass is 242 g/mol. The number of nitrogens with one attached hydrogen (secondary N) is 1. The Labute approximate surface area is 105 Å². The summed E-state index contributed by atoms with van der Waals surface area (Å²) in [5.74, 6) is 0.957. The zero-order valence-electron chi connectivity index (χ0n) is 11.4. The number of piperidine rings is 1. The topological polar surface area (TPSA) is 41.6 Å². The van der Waals surface area contributed by atoms with Crippen LogP contribution < -0.4 is 5.32 Å². The van der Waals surface area contributed by atoms with Gasteiger partial charge in [-0.25, -0.2) is 0 Å². The molecule has 1 rings (SSSR count). The molecule has 1 aliphatic heterocycles. The molecule has 1 heterocycles. The first-order valence-electron chi connectivity index (χ1n) is 6.66. The number of rotatable bonds is 6. The number of carbonyl (C=O) groups is 1. The Morgan fingerprint density at radius 3 is 2.71 bits per heavy atom. The number of likely N-dealkylation sites (tertiary alicyclic amines) is 1. The van der Waals surface area contributed by atoms with Gasteiger partial charge in [-0.15, -0.1) is 0 Å². The second-order valence-electron chi connectivity index (χ2n) is 5.03. The highest BCUT2D eigenvalue weighted by atomic mass is 16.5. The van der Waals surface area contributed by atoms with Crippen LogP contribution in [-0.4, -0.2) is 50.2 Å². The van der Waals surface area contributed by atoms with E-state index < -0.39 is 0 Å².